The van der Waals surface area contributed by atoms with Crippen LogP contribution in [0.3, 0.4) is 0 Å². The second-order valence-electron chi connectivity index (χ2n) is 5.73. The monoisotopic (exact) mass is 369 g/mol. The number of aromatic nitrogens is 2. The third kappa shape index (κ3) is 4.67. The van der Waals surface area contributed by atoms with E-state index in [1.165, 1.54) is 28.7 Å². The van der Waals surface area contributed by atoms with Crippen LogP contribution in [0.25, 0.3) is 0 Å². The fourth-order valence-corrected chi connectivity index (χ4v) is 4.08. The number of hydrogen-bond acceptors (Lipinski definition) is 5. The van der Waals surface area contributed by atoms with E-state index in [2.05, 4.69) is 46.7 Å². The van der Waals surface area contributed by atoms with E-state index < -0.39 is 0 Å². The molecule has 0 fully saturated rings. The number of rotatable bonds is 6. The SMILES string of the molecule is Cc1ccc([C@H](NC(=O)[C@@H](C)Sc2nncs2)c2ccccc2)cc1. The van der Waals surface area contributed by atoms with Gasteiger partial charge in [-0.15, -0.1) is 10.2 Å². The third-order valence-electron chi connectivity index (χ3n) is 3.82. The fraction of sp³-hybridized carbons (Fsp3) is 0.211. The molecule has 0 aliphatic heterocycles. The lowest BCUT2D eigenvalue weighted by molar-refractivity contribution is -0.120. The topological polar surface area (TPSA) is 54.9 Å². The second-order valence-corrected chi connectivity index (χ2v) is 8.15. The molecule has 1 aromatic heterocycles. The van der Waals surface area contributed by atoms with Crippen molar-refractivity contribution in [2.45, 2.75) is 29.5 Å². The van der Waals surface area contributed by atoms with Gasteiger partial charge >= 0.3 is 0 Å². The van der Waals surface area contributed by atoms with Crippen molar-refractivity contribution in [3.63, 3.8) is 0 Å². The van der Waals surface area contributed by atoms with Crippen molar-refractivity contribution < 1.29 is 4.79 Å². The van der Waals surface area contributed by atoms with Crippen molar-refractivity contribution in [2.24, 2.45) is 0 Å². The summed E-state index contributed by atoms with van der Waals surface area (Å²) >= 11 is 2.87. The molecule has 2 aromatic carbocycles. The largest absolute Gasteiger partial charge is 0.344 e. The molecule has 0 saturated carbocycles. The first-order chi connectivity index (χ1) is 12.1. The van der Waals surface area contributed by atoms with Crippen LogP contribution < -0.4 is 5.32 Å². The highest BCUT2D eigenvalue weighted by molar-refractivity contribution is 8.02. The molecule has 0 unspecified atom stereocenters. The number of nitrogens with one attached hydrogen (secondary N) is 1. The molecule has 0 bridgehead atoms. The molecule has 25 heavy (non-hydrogen) atoms. The van der Waals surface area contributed by atoms with Crippen LogP contribution in [0.1, 0.15) is 29.7 Å². The van der Waals surface area contributed by atoms with Crippen LogP contribution in [0.4, 0.5) is 0 Å². The minimum absolute atomic E-state index is 0.0189. The summed E-state index contributed by atoms with van der Waals surface area (Å²) in [6, 6.07) is 18.1. The standard InChI is InChI=1S/C19H19N3OS2/c1-13-8-10-16(11-9-13)17(15-6-4-3-5-7-15)21-18(23)14(2)25-19-22-20-12-24-19/h3-12,14,17H,1-2H3,(H,21,23)/t14-,17-/m1/s1. The minimum Gasteiger partial charge on any atom is -0.344 e. The van der Waals surface area contributed by atoms with Gasteiger partial charge in [0.2, 0.25) is 5.91 Å². The van der Waals surface area contributed by atoms with Gasteiger partial charge in [0, 0.05) is 0 Å². The molecule has 0 aliphatic rings. The Morgan fingerprint density at radius 3 is 2.40 bits per heavy atom. The van der Waals surface area contributed by atoms with E-state index in [0.717, 1.165) is 15.5 Å². The maximum Gasteiger partial charge on any atom is 0.234 e. The number of carbonyl (C=O) groups excluding carboxylic acids is 1. The molecule has 128 valence electrons. The Labute approximate surface area is 155 Å². The molecule has 2 atom stereocenters. The number of amides is 1. The lowest BCUT2D eigenvalue weighted by Crippen LogP contribution is -2.34. The molecule has 0 spiro atoms. The maximum atomic E-state index is 12.7. The van der Waals surface area contributed by atoms with Gasteiger partial charge in [0.15, 0.2) is 4.34 Å². The first-order valence-corrected chi connectivity index (χ1v) is 9.74. The number of nitrogens with zero attached hydrogens (tertiary/aromatic N) is 2. The molecule has 0 radical (unpaired) electrons. The van der Waals surface area contributed by atoms with Crippen LogP contribution in [-0.4, -0.2) is 21.4 Å². The van der Waals surface area contributed by atoms with E-state index in [0.29, 0.717) is 0 Å². The predicted molar refractivity (Wildman–Crippen MR) is 103 cm³/mol. The van der Waals surface area contributed by atoms with E-state index in [4.69, 9.17) is 0 Å². The first-order valence-electron chi connectivity index (χ1n) is 7.98. The molecule has 1 heterocycles. The minimum atomic E-state index is -0.246. The lowest BCUT2D eigenvalue weighted by atomic mass is 9.97. The molecular formula is C19H19N3OS2. The highest BCUT2D eigenvalue weighted by Gasteiger charge is 2.22. The van der Waals surface area contributed by atoms with Crippen molar-refractivity contribution in [1.29, 1.82) is 0 Å². The molecular weight excluding hydrogens is 350 g/mol. The van der Waals surface area contributed by atoms with Crippen LogP contribution in [0.15, 0.2) is 64.4 Å². The summed E-state index contributed by atoms with van der Waals surface area (Å²) in [6.07, 6.45) is 0. The Hall–Kier alpha value is -2.18. The summed E-state index contributed by atoms with van der Waals surface area (Å²) in [4.78, 5) is 12.7. The average molecular weight is 370 g/mol. The first kappa shape index (κ1) is 17.6. The molecule has 4 nitrogen and oxygen atoms in total. The van der Waals surface area contributed by atoms with Crippen molar-refractivity contribution in [2.75, 3.05) is 0 Å². The zero-order chi connectivity index (χ0) is 17.6. The Morgan fingerprint density at radius 2 is 1.76 bits per heavy atom. The summed E-state index contributed by atoms with van der Waals surface area (Å²) < 4.78 is 0.800. The molecule has 0 saturated heterocycles. The van der Waals surface area contributed by atoms with Gasteiger partial charge < -0.3 is 5.32 Å². The van der Waals surface area contributed by atoms with E-state index in [9.17, 15) is 4.79 Å². The van der Waals surface area contributed by atoms with E-state index in [1.54, 1.807) is 5.51 Å². The quantitative estimate of drug-likeness (QED) is 0.661. The lowest BCUT2D eigenvalue weighted by Gasteiger charge is -2.22. The highest BCUT2D eigenvalue weighted by atomic mass is 32.2. The zero-order valence-electron chi connectivity index (χ0n) is 14.0. The average Bonchev–Trinajstić information content (AvgIpc) is 3.14. The number of aryl methyl sites for hydroxylation is 1. The highest BCUT2D eigenvalue weighted by Crippen LogP contribution is 2.27. The van der Waals surface area contributed by atoms with E-state index in [1.807, 2.05) is 37.3 Å². The van der Waals surface area contributed by atoms with Crippen LogP contribution >= 0.6 is 23.1 Å². The molecule has 1 amide bonds. The molecule has 3 aromatic rings. The molecule has 6 heteroatoms. The number of carbonyl (C=O) groups is 1. The van der Waals surface area contributed by atoms with Crippen molar-refractivity contribution in [3.05, 3.63) is 76.8 Å². The predicted octanol–water partition coefficient (Wildman–Crippen LogP) is 4.23. The Bertz CT molecular complexity index is 804. The van der Waals surface area contributed by atoms with Crippen molar-refractivity contribution in [3.8, 4) is 0 Å². The van der Waals surface area contributed by atoms with Gasteiger partial charge in [-0.1, -0.05) is 83.3 Å². The fourth-order valence-electron chi connectivity index (χ4n) is 2.44. The normalized spacial score (nSPS) is 13.2. The van der Waals surface area contributed by atoms with Gasteiger partial charge in [-0.2, -0.15) is 0 Å². The Morgan fingerprint density at radius 1 is 1.08 bits per heavy atom. The maximum absolute atomic E-state index is 12.7. The van der Waals surface area contributed by atoms with Crippen LogP contribution in [0, 0.1) is 6.92 Å². The van der Waals surface area contributed by atoms with Gasteiger partial charge in [-0.05, 0) is 25.0 Å². The molecule has 1 N–H and O–H groups in total. The Balaban J connectivity index is 1.79. The van der Waals surface area contributed by atoms with Crippen molar-refractivity contribution >= 4 is 29.0 Å². The van der Waals surface area contributed by atoms with Gasteiger partial charge in [0.05, 0.1) is 11.3 Å². The van der Waals surface area contributed by atoms with Crippen LogP contribution in [0.2, 0.25) is 0 Å². The summed E-state index contributed by atoms with van der Waals surface area (Å²) in [7, 11) is 0. The van der Waals surface area contributed by atoms with E-state index in [-0.39, 0.29) is 17.2 Å². The molecule has 3 rings (SSSR count). The third-order valence-corrected chi connectivity index (χ3v) is 5.73. The van der Waals surface area contributed by atoms with E-state index >= 15 is 0 Å². The van der Waals surface area contributed by atoms with Gasteiger partial charge in [0.1, 0.15) is 5.51 Å². The van der Waals surface area contributed by atoms with Crippen LogP contribution in [-0.2, 0) is 4.79 Å². The zero-order valence-corrected chi connectivity index (χ0v) is 15.7. The second kappa shape index (κ2) is 8.27. The van der Waals surface area contributed by atoms with Gasteiger partial charge in [-0.25, -0.2) is 0 Å². The van der Waals surface area contributed by atoms with Gasteiger partial charge in [0.25, 0.3) is 0 Å². The van der Waals surface area contributed by atoms with Crippen molar-refractivity contribution in [1.82, 2.24) is 15.5 Å². The van der Waals surface area contributed by atoms with Crippen LogP contribution in [0.5, 0.6) is 0 Å². The summed E-state index contributed by atoms with van der Waals surface area (Å²) in [6.45, 7) is 3.94. The number of benzene rings is 2. The summed E-state index contributed by atoms with van der Waals surface area (Å²) in [5.41, 5.74) is 5.00. The smallest absolute Gasteiger partial charge is 0.234 e. The summed E-state index contributed by atoms with van der Waals surface area (Å²) in [5, 5.41) is 10.7. The number of hydrogen-bond donors (Lipinski definition) is 1. The van der Waals surface area contributed by atoms with Gasteiger partial charge in [-0.3, -0.25) is 4.79 Å². The number of thioether (sulfide) groups is 1. The Kier molecular flexibility index (Phi) is 5.83. The summed E-state index contributed by atoms with van der Waals surface area (Å²) in [5.74, 6) is -0.0189. The molecule has 0 aliphatic carbocycles.